The van der Waals surface area contributed by atoms with Gasteiger partial charge in [0.15, 0.2) is 0 Å². The van der Waals surface area contributed by atoms with Crippen LogP contribution in [0.5, 0.6) is 0 Å². The Bertz CT molecular complexity index is 276. The van der Waals surface area contributed by atoms with Crippen molar-refractivity contribution in [1.29, 1.82) is 0 Å². The lowest BCUT2D eigenvalue weighted by Crippen LogP contribution is -2.36. The van der Waals surface area contributed by atoms with E-state index < -0.39 is 28.3 Å². The third-order valence-electron chi connectivity index (χ3n) is 1.24. The molecule has 0 aliphatic heterocycles. The van der Waals surface area contributed by atoms with E-state index in [0.29, 0.717) is 0 Å². The second kappa shape index (κ2) is 4.47. The van der Waals surface area contributed by atoms with Gasteiger partial charge in [0.25, 0.3) is 10.0 Å². The second-order valence-electron chi connectivity index (χ2n) is 2.14. The lowest BCUT2D eigenvalue weighted by Gasteiger charge is -2.14. The number of sulfonamides is 1. The highest BCUT2D eigenvalue weighted by Gasteiger charge is 2.30. The van der Waals surface area contributed by atoms with E-state index in [-0.39, 0.29) is 4.31 Å². The van der Waals surface area contributed by atoms with Crippen molar-refractivity contribution in [3.05, 3.63) is 0 Å². The number of methoxy groups -OCH3 is 1. The van der Waals surface area contributed by atoms with Crippen LogP contribution in [0.2, 0.25) is 0 Å². The maximum Gasteiger partial charge on any atom is 0.350 e. The van der Waals surface area contributed by atoms with Crippen LogP contribution in [0.25, 0.3) is 0 Å². The summed E-state index contributed by atoms with van der Waals surface area (Å²) in [5.74, 6) is -4.42. The van der Waals surface area contributed by atoms with Gasteiger partial charge in [-0.15, -0.1) is 0 Å². The van der Waals surface area contributed by atoms with Crippen molar-refractivity contribution in [2.45, 2.75) is 5.76 Å². The summed E-state index contributed by atoms with van der Waals surface area (Å²) in [6.45, 7) is -0.719. The molecule has 5 nitrogen and oxygen atoms in total. The Hall–Kier alpha value is -0.760. The fraction of sp³-hybridized carbons (Fsp3) is 0.800. The summed E-state index contributed by atoms with van der Waals surface area (Å²) < 4.78 is 49.3. The van der Waals surface area contributed by atoms with Crippen LogP contribution < -0.4 is 0 Å². The van der Waals surface area contributed by atoms with E-state index in [2.05, 4.69) is 4.74 Å². The number of nitrogens with zero attached hydrogens (tertiary/aromatic N) is 1. The van der Waals surface area contributed by atoms with Gasteiger partial charge in [0.1, 0.15) is 6.54 Å². The lowest BCUT2D eigenvalue weighted by atomic mass is 10.7. The number of ether oxygens (including phenoxy) is 1. The summed E-state index contributed by atoms with van der Waals surface area (Å²) in [4.78, 5) is 10.5. The summed E-state index contributed by atoms with van der Waals surface area (Å²) >= 11 is 0. The van der Waals surface area contributed by atoms with Gasteiger partial charge in [0.05, 0.1) is 7.11 Å². The van der Waals surface area contributed by atoms with Crippen LogP contribution in [0, 0.1) is 0 Å². The van der Waals surface area contributed by atoms with Crippen molar-refractivity contribution in [1.82, 2.24) is 4.31 Å². The number of likely N-dealkylation sites (N-methyl/N-ethyl adjacent to an activating group) is 1. The minimum Gasteiger partial charge on any atom is -0.468 e. The highest BCUT2D eigenvalue weighted by Crippen LogP contribution is 2.09. The van der Waals surface area contributed by atoms with Gasteiger partial charge in [-0.2, -0.15) is 13.1 Å². The molecule has 0 heterocycles. The monoisotopic (exact) mass is 217 g/mol. The molecule has 0 aliphatic rings. The number of halogens is 2. The van der Waals surface area contributed by atoms with Crippen LogP contribution >= 0.6 is 0 Å². The van der Waals surface area contributed by atoms with E-state index in [1.807, 2.05) is 0 Å². The Morgan fingerprint density at radius 3 is 2.31 bits per heavy atom. The summed E-state index contributed by atoms with van der Waals surface area (Å²) in [5.41, 5.74) is 0. The summed E-state index contributed by atoms with van der Waals surface area (Å²) in [7, 11) is -2.78. The zero-order chi connectivity index (χ0) is 10.6. The molecule has 0 fully saturated rings. The van der Waals surface area contributed by atoms with Gasteiger partial charge in [-0.3, -0.25) is 4.79 Å². The number of carbonyl (C=O) groups excluding carboxylic acids is 1. The Morgan fingerprint density at radius 2 is 2.00 bits per heavy atom. The lowest BCUT2D eigenvalue weighted by molar-refractivity contribution is -0.140. The number of hydrogen-bond acceptors (Lipinski definition) is 4. The van der Waals surface area contributed by atoms with Gasteiger partial charge < -0.3 is 4.74 Å². The van der Waals surface area contributed by atoms with Gasteiger partial charge in [-0.1, -0.05) is 0 Å². The predicted octanol–water partition coefficient (Wildman–Crippen LogP) is -0.356. The molecule has 13 heavy (non-hydrogen) atoms. The normalized spacial score (nSPS) is 12.2. The zero-order valence-electron chi connectivity index (χ0n) is 7.03. The molecule has 0 aromatic heterocycles. The number of carbonyl (C=O) groups is 1. The molecule has 0 unspecified atom stereocenters. The SMILES string of the molecule is COC(=O)CN(C)S(=O)(=O)C(F)F. The molecular weight excluding hydrogens is 208 g/mol. The van der Waals surface area contributed by atoms with Crippen LogP contribution in [-0.4, -0.2) is 45.2 Å². The zero-order valence-corrected chi connectivity index (χ0v) is 7.85. The maximum atomic E-state index is 11.8. The van der Waals surface area contributed by atoms with E-state index in [0.717, 1.165) is 14.2 Å². The molecule has 0 saturated carbocycles. The molecule has 78 valence electrons. The van der Waals surface area contributed by atoms with Crippen molar-refractivity contribution < 1.29 is 26.7 Å². The smallest absolute Gasteiger partial charge is 0.350 e. The molecule has 0 aromatic rings. The first kappa shape index (κ1) is 12.2. The Kier molecular flexibility index (Phi) is 4.21. The molecule has 0 saturated heterocycles. The Balaban J connectivity index is 4.44. The highest BCUT2D eigenvalue weighted by atomic mass is 32.2. The quantitative estimate of drug-likeness (QED) is 0.603. The first-order chi connectivity index (χ1) is 5.82. The van der Waals surface area contributed by atoms with Gasteiger partial charge in [-0.25, -0.2) is 8.42 Å². The van der Waals surface area contributed by atoms with E-state index in [4.69, 9.17) is 0 Å². The molecule has 0 atom stereocenters. The number of alkyl halides is 2. The summed E-state index contributed by atoms with van der Waals surface area (Å²) in [6.07, 6.45) is 0. The van der Waals surface area contributed by atoms with Crippen molar-refractivity contribution in [3.8, 4) is 0 Å². The highest BCUT2D eigenvalue weighted by molar-refractivity contribution is 7.89. The molecule has 0 rings (SSSR count). The van der Waals surface area contributed by atoms with E-state index in [1.54, 1.807) is 0 Å². The first-order valence-corrected chi connectivity index (χ1v) is 4.62. The van der Waals surface area contributed by atoms with Crippen molar-refractivity contribution >= 4 is 16.0 Å². The van der Waals surface area contributed by atoms with Gasteiger partial charge in [-0.05, 0) is 0 Å². The van der Waals surface area contributed by atoms with Gasteiger partial charge >= 0.3 is 11.7 Å². The van der Waals surface area contributed by atoms with Crippen LogP contribution in [0.4, 0.5) is 8.78 Å². The van der Waals surface area contributed by atoms with Crippen molar-refractivity contribution in [2.75, 3.05) is 20.7 Å². The fourth-order valence-electron chi connectivity index (χ4n) is 0.472. The predicted molar refractivity (Wildman–Crippen MR) is 39.6 cm³/mol. The average molecular weight is 217 g/mol. The third-order valence-corrected chi connectivity index (χ3v) is 2.69. The molecule has 0 aliphatic carbocycles. The van der Waals surface area contributed by atoms with Crippen molar-refractivity contribution in [3.63, 3.8) is 0 Å². The molecule has 0 N–H and O–H groups in total. The number of hydrogen-bond donors (Lipinski definition) is 0. The Labute approximate surface area is 74.3 Å². The molecule has 0 bridgehead atoms. The molecular formula is C5H9F2NO4S. The first-order valence-electron chi connectivity index (χ1n) is 3.12. The topological polar surface area (TPSA) is 63.7 Å². The average Bonchev–Trinajstić information content (AvgIpc) is 2.03. The van der Waals surface area contributed by atoms with Crippen LogP contribution in [0.1, 0.15) is 0 Å². The van der Waals surface area contributed by atoms with Gasteiger partial charge in [0, 0.05) is 7.05 Å². The second-order valence-corrected chi connectivity index (χ2v) is 4.15. The van der Waals surface area contributed by atoms with Crippen LogP contribution in [0.3, 0.4) is 0 Å². The van der Waals surface area contributed by atoms with Crippen molar-refractivity contribution in [2.24, 2.45) is 0 Å². The maximum absolute atomic E-state index is 11.8. The Morgan fingerprint density at radius 1 is 1.54 bits per heavy atom. The number of esters is 1. The molecule has 8 heteroatoms. The third kappa shape index (κ3) is 3.23. The van der Waals surface area contributed by atoms with E-state index >= 15 is 0 Å². The molecule has 0 amide bonds. The summed E-state index contributed by atoms with van der Waals surface area (Å²) in [5, 5.41) is 0. The molecule has 0 spiro atoms. The molecule has 0 aromatic carbocycles. The van der Waals surface area contributed by atoms with Gasteiger partial charge in [0.2, 0.25) is 0 Å². The van der Waals surface area contributed by atoms with E-state index in [1.165, 1.54) is 0 Å². The minimum absolute atomic E-state index is 0.240. The van der Waals surface area contributed by atoms with Crippen LogP contribution in [0.15, 0.2) is 0 Å². The largest absolute Gasteiger partial charge is 0.468 e. The number of rotatable bonds is 4. The van der Waals surface area contributed by atoms with Crippen LogP contribution in [-0.2, 0) is 19.6 Å². The van der Waals surface area contributed by atoms with E-state index in [9.17, 15) is 22.0 Å². The summed E-state index contributed by atoms with van der Waals surface area (Å²) in [6, 6.07) is 0. The fourth-order valence-corrected chi connectivity index (χ4v) is 1.03. The minimum atomic E-state index is -4.68. The molecule has 0 radical (unpaired) electrons. The standard InChI is InChI=1S/C5H9F2NO4S/c1-8(3-4(9)12-2)13(10,11)5(6)7/h5H,3H2,1-2H3.